The molecule has 0 radical (unpaired) electrons. The molecule has 1 aromatic heterocycles. The van der Waals surface area contributed by atoms with Gasteiger partial charge in [0.25, 0.3) is 5.91 Å². The maximum atomic E-state index is 12.1. The van der Waals surface area contributed by atoms with Gasteiger partial charge in [-0.25, -0.2) is 0 Å². The topological polar surface area (TPSA) is 66.3 Å². The van der Waals surface area contributed by atoms with Crippen molar-refractivity contribution in [2.24, 2.45) is 0 Å². The minimum atomic E-state index is -0.410. The van der Waals surface area contributed by atoms with Crippen LogP contribution in [-0.2, 0) is 0 Å². The van der Waals surface area contributed by atoms with E-state index < -0.39 is 6.10 Å². The minimum Gasteiger partial charge on any atom is -0.391 e. The summed E-state index contributed by atoms with van der Waals surface area (Å²) in [6.45, 7) is 0. The van der Waals surface area contributed by atoms with Crippen molar-refractivity contribution in [2.75, 3.05) is 7.05 Å². The minimum absolute atomic E-state index is 0.0792. The van der Waals surface area contributed by atoms with Crippen molar-refractivity contribution >= 4 is 5.91 Å². The fourth-order valence-electron chi connectivity index (χ4n) is 2.31. The molecule has 0 bridgehead atoms. The van der Waals surface area contributed by atoms with Crippen molar-refractivity contribution in [3.05, 3.63) is 24.0 Å². The Bertz CT molecular complexity index is 383. The van der Waals surface area contributed by atoms with Gasteiger partial charge in [-0.2, -0.15) is 10.2 Å². The first-order chi connectivity index (χ1) is 8.20. The number of aliphatic hydroxyl groups excluding tert-OH is 1. The number of aromatic nitrogens is 2. The molecule has 2 atom stereocenters. The molecule has 1 heterocycles. The molecular weight excluding hydrogens is 218 g/mol. The molecule has 5 heteroatoms. The predicted molar refractivity (Wildman–Crippen MR) is 62.4 cm³/mol. The smallest absolute Gasteiger partial charge is 0.255 e. The molecule has 0 aliphatic heterocycles. The number of rotatable bonds is 2. The lowest BCUT2D eigenvalue weighted by molar-refractivity contribution is 0.0267. The molecule has 0 spiro atoms. The third-order valence-corrected chi connectivity index (χ3v) is 3.34. The highest BCUT2D eigenvalue weighted by Gasteiger charge is 2.29. The van der Waals surface area contributed by atoms with Gasteiger partial charge >= 0.3 is 0 Å². The number of hydrogen-bond donors (Lipinski definition) is 1. The molecule has 1 amide bonds. The van der Waals surface area contributed by atoms with Crippen LogP contribution < -0.4 is 0 Å². The molecular formula is C12H17N3O2. The monoisotopic (exact) mass is 235 g/mol. The second-order valence-corrected chi connectivity index (χ2v) is 4.47. The zero-order chi connectivity index (χ0) is 12.3. The van der Waals surface area contributed by atoms with Gasteiger partial charge in [0, 0.05) is 7.05 Å². The third-order valence-electron chi connectivity index (χ3n) is 3.34. The molecule has 1 N–H and O–H groups in total. The van der Waals surface area contributed by atoms with Gasteiger partial charge in [-0.1, -0.05) is 12.8 Å². The van der Waals surface area contributed by atoms with Crippen LogP contribution >= 0.6 is 0 Å². The number of carbonyl (C=O) groups excluding carboxylic acids is 1. The van der Waals surface area contributed by atoms with E-state index in [9.17, 15) is 9.90 Å². The molecule has 1 aliphatic rings. The van der Waals surface area contributed by atoms with Crippen LogP contribution in [0.4, 0.5) is 0 Å². The molecule has 17 heavy (non-hydrogen) atoms. The van der Waals surface area contributed by atoms with Gasteiger partial charge in [-0.3, -0.25) is 4.79 Å². The Morgan fingerprint density at radius 3 is 2.82 bits per heavy atom. The Labute approximate surface area is 100 Å². The average Bonchev–Trinajstić information content (AvgIpc) is 2.39. The van der Waals surface area contributed by atoms with Crippen molar-refractivity contribution in [1.29, 1.82) is 0 Å². The van der Waals surface area contributed by atoms with Crippen LogP contribution in [0.2, 0.25) is 0 Å². The summed E-state index contributed by atoms with van der Waals surface area (Å²) in [6.07, 6.45) is 6.28. The number of hydrogen-bond acceptors (Lipinski definition) is 4. The molecule has 5 nitrogen and oxygen atoms in total. The SMILES string of the molecule is CN(C(=O)c1ccnnc1)C1CCCCC1O. The number of aliphatic hydroxyl groups is 1. The molecule has 2 unspecified atom stereocenters. The molecule has 1 saturated carbocycles. The van der Waals surface area contributed by atoms with Gasteiger partial charge in [0.15, 0.2) is 0 Å². The number of carbonyl (C=O) groups is 1. The number of likely N-dealkylation sites (N-methyl/N-ethyl adjacent to an activating group) is 1. The molecule has 0 aromatic carbocycles. The maximum absolute atomic E-state index is 12.1. The van der Waals surface area contributed by atoms with Crippen LogP contribution in [0.1, 0.15) is 36.0 Å². The molecule has 1 aromatic rings. The quantitative estimate of drug-likeness (QED) is 0.825. The van der Waals surface area contributed by atoms with Crippen LogP contribution in [0.25, 0.3) is 0 Å². The Kier molecular flexibility index (Phi) is 3.68. The van der Waals surface area contributed by atoms with Gasteiger partial charge in [0.05, 0.1) is 30.1 Å². The first-order valence-electron chi connectivity index (χ1n) is 5.92. The Morgan fingerprint density at radius 1 is 1.41 bits per heavy atom. The van der Waals surface area contributed by atoms with Crippen LogP contribution in [-0.4, -0.2) is 45.3 Å². The largest absolute Gasteiger partial charge is 0.391 e. The first kappa shape index (κ1) is 12.0. The fourth-order valence-corrected chi connectivity index (χ4v) is 2.31. The van der Waals surface area contributed by atoms with Crippen LogP contribution in [0, 0.1) is 0 Å². The molecule has 92 valence electrons. The van der Waals surface area contributed by atoms with E-state index in [4.69, 9.17) is 0 Å². The van der Waals surface area contributed by atoms with Crippen LogP contribution in [0.3, 0.4) is 0 Å². The van der Waals surface area contributed by atoms with Gasteiger partial charge in [-0.05, 0) is 18.9 Å². The van der Waals surface area contributed by atoms with Crippen molar-refractivity contribution in [3.8, 4) is 0 Å². The average molecular weight is 235 g/mol. The summed E-state index contributed by atoms with van der Waals surface area (Å²) in [6, 6.07) is 1.56. The Morgan fingerprint density at radius 2 is 2.18 bits per heavy atom. The zero-order valence-electron chi connectivity index (χ0n) is 9.91. The highest BCUT2D eigenvalue weighted by molar-refractivity contribution is 5.93. The van der Waals surface area contributed by atoms with E-state index in [0.717, 1.165) is 25.7 Å². The maximum Gasteiger partial charge on any atom is 0.255 e. The molecule has 1 aliphatic carbocycles. The van der Waals surface area contributed by atoms with E-state index in [-0.39, 0.29) is 11.9 Å². The predicted octanol–water partition coefficient (Wildman–Crippen LogP) is 0.852. The second kappa shape index (κ2) is 5.23. The Hall–Kier alpha value is -1.49. The number of nitrogens with zero attached hydrogens (tertiary/aromatic N) is 3. The third kappa shape index (κ3) is 2.61. The van der Waals surface area contributed by atoms with Crippen LogP contribution in [0.5, 0.6) is 0 Å². The summed E-state index contributed by atoms with van der Waals surface area (Å²) in [7, 11) is 1.74. The molecule has 1 fully saturated rings. The Balaban J connectivity index is 2.09. The van der Waals surface area contributed by atoms with Gasteiger partial charge in [-0.15, -0.1) is 0 Å². The highest BCUT2D eigenvalue weighted by atomic mass is 16.3. The highest BCUT2D eigenvalue weighted by Crippen LogP contribution is 2.23. The molecule has 0 saturated heterocycles. The van der Waals surface area contributed by atoms with Crippen molar-refractivity contribution in [3.63, 3.8) is 0 Å². The van der Waals surface area contributed by atoms with Gasteiger partial charge in [0.2, 0.25) is 0 Å². The summed E-state index contributed by atoms with van der Waals surface area (Å²) in [5.74, 6) is -0.106. The van der Waals surface area contributed by atoms with Gasteiger partial charge < -0.3 is 10.0 Å². The summed E-state index contributed by atoms with van der Waals surface area (Å²) < 4.78 is 0. The van der Waals surface area contributed by atoms with Crippen LogP contribution in [0.15, 0.2) is 18.5 Å². The summed E-state index contributed by atoms with van der Waals surface area (Å²) in [5.41, 5.74) is 0.514. The van der Waals surface area contributed by atoms with E-state index in [1.165, 1.54) is 12.4 Å². The van der Waals surface area contributed by atoms with E-state index in [1.807, 2.05) is 0 Å². The zero-order valence-corrected chi connectivity index (χ0v) is 9.91. The van der Waals surface area contributed by atoms with Crippen molar-refractivity contribution in [1.82, 2.24) is 15.1 Å². The van der Waals surface area contributed by atoms with E-state index in [0.29, 0.717) is 5.56 Å². The lowest BCUT2D eigenvalue weighted by Crippen LogP contribution is -2.46. The summed E-state index contributed by atoms with van der Waals surface area (Å²) in [4.78, 5) is 13.8. The standard InChI is InChI=1S/C12H17N3O2/c1-15(10-4-2-3-5-11(10)16)12(17)9-6-7-13-14-8-9/h6-8,10-11,16H,2-5H2,1H3. The lowest BCUT2D eigenvalue weighted by atomic mass is 9.91. The normalized spacial score (nSPS) is 24.4. The molecule has 2 rings (SSSR count). The van der Waals surface area contributed by atoms with E-state index in [2.05, 4.69) is 10.2 Å². The number of amides is 1. The summed E-state index contributed by atoms with van der Waals surface area (Å²) in [5, 5.41) is 17.3. The first-order valence-corrected chi connectivity index (χ1v) is 5.92. The van der Waals surface area contributed by atoms with Gasteiger partial charge in [0.1, 0.15) is 0 Å². The summed E-state index contributed by atoms with van der Waals surface area (Å²) >= 11 is 0. The van der Waals surface area contributed by atoms with E-state index >= 15 is 0 Å². The van der Waals surface area contributed by atoms with E-state index in [1.54, 1.807) is 18.0 Å². The fraction of sp³-hybridized carbons (Fsp3) is 0.583. The van der Waals surface area contributed by atoms with Crippen molar-refractivity contribution < 1.29 is 9.90 Å². The van der Waals surface area contributed by atoms with Crippen molar-refractivity contribution in [2.45, 2.75) is 37.8 Å². The lowest BCUT2D eigenvalue weighted by Gasteiger charge is -2.35. The second-order valence-electron chi connectivity index (χ2n) is 4.47.